The molecule has 0 aliphatic carbocycles. The van der Waals surface area contributed by atoms with Crippen LogP contribution in [-0.4, -0.2) is 32.5 Å². The van der Waals surface area contributed by atoms with Gasteiger partial charge in [-0.1, -0.05) is 24.3 Å². The number of nitrogens with zero attached hydrogens (tertiary/aromatic N) is 2. The molecule has 0 N–H and O–H groups in total. The van der Waals surface area contributed by atoms with E-state index in [1.807, 2.05) is 12.1 Å². The largest absolute Gasteiger partial charge is 0.337 e. The summed E-state index contributed by atoms with van der Waals surface area (Å²) in [5.41, 5.74) is 2.53. The predicted octanol–water partition coefficient (Wildman–Crippen LogP) is 2.38. The molecule has 6 heteroatoms. The van der Waals surface area contributed by atoms with Crippen molar-refractivity contribution in [1.82, 2.24) is 4.90 Å². The summed E-state index contributed by atoms with van der Waals surface area (Å²) in [4.78, 5) is 14.1. The number of carbonyl (C=O) groups is 1. The highest BCUT2D eigenvalue weighted by atomic mass is 32.2. The van der Waals surface area contributed by atoms with Gasteiger partial charge in [-0.15, -0.1) is 0 Å². The summed E-state index contributed by atoms with van der Waals surface area (Å²) < 4.78 is 22.8. The summed E-state index contributed by atoms with van der Waals surface area (Å²) in [6.07, 6.45) is 1.17. The lowest BCUT2D eigenvalue weighted by Gasteiger charge is -2.18. The number of carbonyl (C=O) groups excluding carboxylic acids is 1. The molecule has 0 atom stereocenters. The molecule has 5 nitrogen and oxygen atoms in total. The van der Waals surface area contributed by atoms with E-state index in [1.165, 1.54) is 6.26 Å². The lowest BCUT2D eigenvalue weighted by molar-refractivity contribution is 0.0785. The van der Waals surface area contributed by atoms with Gasteiger partial charge in [-0.05, 0) is 35.4 Å². The molecule has 0 fully saturated rings. The van der Waals surface area contributed by atoms with Crippen LogP contribution in [0.4, 0.5) is 0 Å². The fourth-order valence-corrected chi connectivity index (χ4v) is 3.13. The minimum Gasteiger partial charge on any atom is -0.337 e. The van der Waals surface area contributed by atoms with Crippen LogP contribution in [0.3, 0.4) is 0 Å². The van der Waals surface area contributed by atoms with E-state index in [0.717, 1.165) is 5.56 Å². The van der Waals surface area contributed by atoms with Crippen LogP contribution in [0.1, 0.15) is 27.0 Å². The zero-order valence-electron chi connectivity index (χ0n) is 13.6. The predicted molar refractivity (Wildman–Crippen MR) is 91.9 cm³/mol. The van der Waals surface area contributed by atoms with Crippen LogP contribution in [-0.2, 0) is 22.1 Å². The Kier molecular flexibility index (Phi) is 5.37. The topological polar surface area (TPSA) is 78.2 Å². The van der Waals surface area contributed by atoms with Crippen molar-refractivity contribution < 1.29 is 13.2 Å². The van der Waals surface area contributed by atoms with Crippen LogP contribution in [0.25, 0.3) is 0 Å². The first-order valence-electron chi connectivity index (χ1n) is 7.29. The molecule has 0 bridgehead atoms. The van der Waals surface area contributed by atoms with Gasteiger partial charge < -0.3 is 4.90 Å². The van der Waals surface area contributed by atoms with E-state index in [9.17, 15) is 13.2 Å². The van der Waals surface area contributed by atoms with E-state index in [4.69, 9.17) is 5.26 Å². The smallest absolute Gasteiger partial charge is 0.253 e. The average Bonchev–Trinajstić information content (AvgIpc) is 2.53. The maximum atomic E-state index is 12.5. The summed E-state index contributed by atoms with van der Waals surface area (Å²) in [6, 6.07) is 15.7. The molecule has 1 amide bonds. The molecule has 0 aromatic heterocycles. The molecule has 0 aliphatic rings. The minimum atomic E-state index is -3.15. The van der Waals surface area contributed by atoms with Crippen molar-refractivity contribution in [2.24, 2.45) is 0 Å². The highest BCUT2D eigenvalue weighted by Gasteiger charge is 2.14. The van der Waals surface area contributed by atoms with E-state index in [0.29, 0.717) is 23.2 Å². The third-order valence-electron chi connectivity index (χ3n) is 3.45. The van der Waals surface area contributed by atoms with E-state index < -0.39 is 9.84 Å². The zero-order valence-corrected chi connectivity index (χ0v) is 14.4. The number of amides is 1. The Morgan fingerprint density at radius 1 is 1.12 bits per heavy atom. The molecule has 24 heavy (non-hydrogen) atoms. The number of hydrogen-bond acceptors (Lipinski definition) is 4. The number of benzene rings is 2. The monoisotopic (exact) mass is 342 g/mol. The second-order valence-electron chi connectivity index (χ2n) is 5.74. The second-order valence-corrected chi connectivity index (χ2v) is 7.88. The Balaban J connectivity index is 2.12. The summed E-state index contributed by atoms with van der Waals surface area (Å²) in [6.45, 7) is 0.404. The normalized spacial score (nSPS) is 10.9. The molecule has 0 unspecified atom stereocenters. The SMILES string of the molecule is CN(Cc1ccc(C#N)cc1)C(=O)c1cccc(CS(C)(=O)=O)c1. The first-order valence-corrected chi connectivity index (χ1v) is 9.36. The van der Waals surface area contributed by atoms with Crippen LogP contribution in [0.2, 0.25) is 0 Å². The third kappa shape index (κ3) is 4.93. The number of hydrogen-bond donors (Lipinski definition) is 0. The summed E-state index contributed by atoms with van der Waals surface area (Å²) in [5.74, 6) is -0.275. The molecular formula is C18H18N2O3S. The first-order chi connectivity index (χ1) is 11.3. The van der Waals surface area contributed by atoms with Gasteiger partial charge in [0, 0.05) is 25.4 Å². The third-order valence-corrected chi connectivity index (χ3v) is 4.31. The van der Waals surface area contributed by atoms with E-state index in [1.54, 1.807) is 48.3 Å². The lowest BCUT2D eigenvalue weighted by atomic mass is 10.1. The fourth-order valence-electron chi connectivity index (χ4n) is 2.35. The van der Waals surface area contributed by atoms with Gasteiger partial charge in [0.05, 0.1) is 17.4 Å². The molecule has 0 heterocycles. The van der Waals surface area contributed by atoms with Crippen LogP contribution in [0.15, 0.2) is 48.5 Å². The van der Waals surface area contributed by atoms with Crippen LogP contribution in [0.5, 0.6) is 0 Å². The van der Waals surface area contributed by atoms with Crippen LogP contribution >= 0.6 is 0 Å². The first kappa shape index (κ1) is 17.7. The summed E-state index contributed by atoms with van der Waals surface area (Å²) in [7, 11) is -1.46. The van der Waals surface area contributed by atoms with Gasteiger partial charge in [-0.2, -0.15) is 5.26 Å². The standard InChI is InChI=1S/C18H18N2O3S/c1-20(12-15-8-6-14(11-19)7-9-15)18(21)17-5-3-4-16(10-17)13-24(2,22)23/h3-10H,12-13H2,1-2H3. The molecule has 0 saturated carbocycles. The fraction of sp³-hybridized carbons (Fsp3) is 0.222. The van der Waals surface area contributed by atoms with Crippen LogP contribution < -0.4 is 0 Å². The Bertz CT molecular complexity index is 881. The number of rotatable bonds is 5. The molecule has 0 radical (unpaired) electrons. The van der Waals surface area contributed by atoms with E-state index in [-0.39, 0.29) is 11.7 Å². The summed E-state index contributed by atoms with van der Waals surface area (Å²) in [5, 5.41) is 8.80. The minimum absolute atomic E-state index is 0.0898. The molecule has 0 saturated heterocycles. The van der Waals surface area contributed by atoms with Gasteiger partial charge in [-0.25, -0.2) is 8.42 Å². The van der Waals surface area contributed by atoms with Gasteiger partial charge in [0.25, 0.3) is 5.91 Å². The molecule has 0 spiro atoms. The van der Waals surface area contributed by atoms with Crippen molar-refractivity contribution in [3.8, 4) is 6.07 Å². The lowest BCUT2D eigenvalue weighted by Crippen LogP contribution is -2.26. The Morgan fingerprint density at radius 3 is 2.38 bits per heavy atom. The van der Waals surface area contributed by atoms with Crippen molar-refractivity contribution in [3.63, 3.8) is 0 Å². The molecule has 2 aromatic rings. The summed E-state index contributed by atoms with van der Waals surface area (Å²) >= 11 is 0. The zero-order chi connectivity index (χ0) is 17.7. The van der Waals surface area contributed by atoms with Crippen molar-refractivity contribution in [3.05, 3.63) is 70.8 Å². The molecule has 2 rings (SSSR count). The Hall–Kier alpha value is -2.65. The highest BCUT2D eigenvalue weighted by molar-refractivity contribution is 7.89. The van der Waals surface area contributed by atoms with Crippen molar-refractivity contribution in [2.45, 2.75) is 12.3 Å². The molecule has 0 aliphatic heterocycles. The maximum absolute atomic E-state index is 12.5. The second kappa shape index (κ2) is 7.28. The highest BCUT2D eigenvalue weighted by Crippen LogP contribution is 2.13. The van der Waals surface area contributed by atoms with Gasteiger partial charge in [0.15, 0.2) is 9.84 Å². The van der Waals surface area contributed by atoms with Gasteiger partial charge in [0.1, 0.15) is 0 Å². The van der Waals surface area contributed by atoms with Crippen LogP contribution in [0, 0.1) is 11.3 Å². The Labute approximate surface area is 142 Å². The Morgan fingerprint density at radius 2 is 1.79 bits per heavy atom. The average molecular weight is 342 g/mol. The molecule has 2 aromatic carbocycles. The van der Waals surface area contributed by atoms with Crippen molar-refractivity contribution >= 4 is 15.7 Å². The van der Waals surface area contributed by atoms with Gasteiger partial charge in [-0.3, -0.25) is 4.79 Å². The van der Waals surface area contributed by atoms with E-state index in [2.05, 4.69) is 6.07 Å². The van der Waals surface area contributed by atoms with Crippen molar-refractivity contribution in [1.29, 1.82) is 5.26 Å². The van der Waals surface area contributed by atoms with E-state index >= 15 is 0 Å². The van der Waals surface area contributed by atoms with Gasteiger partial charge in [0.2, 0.25) is 0 Å². The number of sulfone groups is 1. The quantitative estimate of drug-likeness (QED) is 0.836. The number of nitriles is 1. The van der Waals surface area contributed by atoms with Gasteiger partial charge >= 0.3 is 0 Å². The maximum Gasteiger partial charge on any atom is 0.253 e. The molecule has 124 valence electrons. The van der Waals surface area contributed by atoms with Crippen molar-refractivity contribution in [2.75, 3.05) is 13.3 Å². The molecular weight excluding hydrogens is 324 g/mol.